The molecule has 0 heterocycles. The summed E-state index contributed by atoms with van der Waals surface area (Å²) in [5, 5.41) is 2.83. The lowest BCUT2D eigenvalue weighted by Crippen LogP contribution is -2.33. The molecule has 0 amide bonds. The monoisotopic (exact) mass is 269 g/mol. The SMILES string of the molecule is CNC(Cc1cc(Cl)ccc1F)CC(F)(F)F. The summed E-state index contributed by atoms with van der Waals surface area (Å²) in [5.41, 5.74) is 0.182. The summed E-state index contributed by atoms with van der Waals surface area (Å²) in [6.45, 7) is 0. The fourth-order valence-electron chi connectivity index (χ4n) is 1.52. The summed E-state index contributed by atoms with van der Waals surface area (Å²) in [5.74, 6) is -0.545. The minimum Gasteiger partial charge on any atom is -0.316 e. The maximum atomic E-state index is 13.3. The van der Waals surface area contributed by atoms with Gasteiger partial charge in [0.2, 0.25) is 0 Å². The van der Waals surface area contributed by atoms with Crippen LogP contribution in [-0.4, -0.2) is 19.3 Å². The normalized spacial score (nSPS) is 13.8. The minimum absolute atomic E-state index is 0.0532. The van der Waals surface area contributed by atoms with E-state index < -0.39 is 24.5 Å². The average Bonchev–Trinajstić information content (AvgIpc) is 2.20. The van der Waals surface area contributed by atoms with E-state index in [2.05, 4.69) is 5.32 Å². The molecule has 1 aromatic rings. The zero-order valence-corrected chi connectivity index (χ0v) is 9.87. The predicted molar refractivity (Wildman–Crippen MR) is 58.6 cm³/mol. The molecular weight excluding hydrogens is 258 g/mol. The van der Waals surface area contributed by atoms with Gasteiger partial charge >= 0.3 is 6.18 Å². The molecule has 1 rings (SSSR count). The van der Waals surface area contributed by atoms with Gasteiger partial charge in [0.25, 0.3) is 0 Å². The Morgan fingerprint density at radius 1 is 1.35 bits per heavy atom. The van der Waals surface area contributed by atoms with Gasteiger partial charge in [0.15, 0.2) is 0 Å². The molecule has 0 spiro atoms. The molecular formula is C11H12ClF4N. The van der Waals surface area contributed by atoms with Gasteiger partial charge in [-0.15, -0.1) is 0 Å². The number of halogens is 5. The highest BCUT2D eigenvalue weighted by atomic mass is 35.5. The number of hydrogen-bond donors (Lipinski definition) is 1. The Kier molecular flexibility index (Phi) is 4.77. The van der Waals surface area contributed by atoms with Gasteiger partial charge < -0.3 is 5.32 Å². The van der Waals surface area contributed by atoms with Crippen molar-refractivity contribution in [3.63, 3.8) is 0 Å². The molecule has 0 radical (unpaired) electrons. The van der Waals surface area contributed by atoms with Crippen LogP contribution >= 0.6 is 11.6 Å². The summed E-state index contributed by atoms with van der Waals surface area (Å²) in [7, 11) is 1.42. The maximum Gasteiger partial charge on any atom is 0.390 e. The van der Waals surface area contributed by atoms with Crippen LogP contribution < -0.4 is 5.32 Å². The summed E-state index contributed by atoms with van der Waals surface area (Å²) >= 11 is 5.67. The topological polar surface area (TPSA) is 12.0 Å². The summed E-state index contributed by atoms with van der Waals surface area (Å²) in [4.78, 5) is 0. The van der Waals surface area contributed by atoms with Gasteiger partial charge in [-0.25, -0.2) is 4.39 Å². The first-order valence-electron chi connectivity index (χ1n) is 5.00. The molecule has 0 saturated heterocycles. The molecule has 0 aromatic heterocycles. The number of rotatable bonds is 4. The van der Waals surface area contributed by atoms with Crippen molar-refractivity contribution in [2.45, 2.75) is 25.1 Å². The van der Waals surface area contributed by atoms with Crippen LogP contribution in [0.4, 0.5) is 17.6 Å². The molecule has 1 aromatic carbocycles. The van der Waals surface area contributed by atoms with Gasteiger partial charge in [-0.05, 0) is 37.2 Å². The van der Waals surface area contributed by atoms with Crippen molar-refractivity contribution in [2.75, 3.05) is 7.05 Å². The molecule has 17 heavy (non-hydrogen) atoms. The van der Waals surface area contributed by atoms with Crippen LogP contribution in [0.3, 0.4) is 0 Å². The number of alkyl halides is 3. The number of hydrogen-bond acceptors (Lipinski definition) is 1. The molecule has 6 heteroatoms. The highest BCUT2D eigenvalue weighted by molar-refractivity contribution is 6.30. The van der Waals surface area contributed by atoms with Gasteiger partial charge in [-0.1, -0.05) is 11.6 Å². The van der Waals surface area contributed by atoms with E-state index in [0.717, 1.165) is 6.07 Å². The molecule has 1 nitrogen and oxygen atoms in total. The van der Waals surface area contributed by atoms with E-state index >= 15 is 0 Å². The second kappa shape index (κ2) is 5.69. The van der Waals surface area contributed by atoms with Crippen molar-refractivity contribution >= 4 is 11.6 Å². The standard InChI is InChI=1S/C11H12ClF4N/c1-17-9(6-11(14,15)16)5-7-4-8(12)2-3-10(7)13/h2-4,9,17H,5-6H2,1H3. The Balaban J connectivity index is 2.77. The van der Waals surface area contributed by atoms with Gasteiger partial charge in [0, 0.05) is 11.1 Å². The summed E-state index contributed by atoms with van der Waals surface area (Å²) < 4.78 is 50.0. The van der Waals surface area contributed by atoms with Crippen LogP contribution in [0.15, 0.2) is 18.2 Å². The molecule has 1 N–H and O–H groups in total. The second-order valence-electron chi connectivity index (χ2n) is 3.74. The molecule has 0 bridgehead atoms. The lowest BCUT2D eigenvalue weighted by atomic mass is 10.0. The first-order valence-corrected chi connectivity index (χ1v) is 5.37. The van der Waals surface area contributed by atoms with Crippen molar-refractivity contribution in [1.29, 1.82) is 0 Å². The smallest absolute Gasteiger partial charge is 0.316 e. The van der Waals surface area contributed by atoms with E-state index in [4.69, 9.17) is 11.6 Å². The first kappa shape index (κ1) is 14.3. The molecule has 1 unspecified atom stereocenters. The predicted octanol–water partition coefficient (Wildman–Crippen LogP) is 3.56. The number of benzene rings is 1. The molecule has 0 aliphatic heterocycles. The third kappa shape index (κ3) is 4.91. The highest BCUT2D eigenvalue weighted by Gasteiger charge is 2.31. The Labute approximate surface area is 102 Å². The van der Waals surface area contributed by atoms with E-state index in [1.54, 1.807) is 0 Å². The van der Waals surface area contributed by atoms with Crippen LogP contribution in [0.5, 0.6) is 0 Å². The first-order chi connectivity index (χ1) is 7.81. The maximum absolute atomic E-state index is 13.3. The van der Waals surface area contributed by atoms with Crippen molar-refractivity contribution in [2.24, 2.45) is 0 Å². The number of nitrogens with one attached hydrogen (secondary N) is 1. The van der Waals surface area contributed by atoms with E-state index in [-0.39, 0.29) is 12.0 Å². The summed E-state index contributed by atoms with van der Waals surface area (Å²) in [6.07, 6.45) is -5.33. The van der Waals surface area contributed by atoms with Crippen LogP contribution in [-0.2, 0) is 6.42 Å². The molecule has 0 aliphatic carbocycles. The Morgan fingerprint density at radius 2 is 2.00 bits per heavy atom. The third-order valence-corrected chi connectivity index (χ3v) is 2.60. The lowest BCUT2D eigenvalue weighted by molar-refractivity contribution is -0.139. The zero-order chi connectivity index (χ0) is 13.1. The molecule has 0 aliphatic rings. The molecule has 0 fully saturated rings. The van der Waals surface area contributed by atoms with Crippen LogP contribution in [0.2, 0.25) is 5.02 Å². The highest BCUT2D eigenvalue weighted by Crippen LogP contribution is 2.24. The van der Waals surface area contributed by atoms with Crippen molar-refractivity contribution in [1.82, 2.24) is 5.32 Å². The van der Waals surface area contributed by atoms with E-state index in [1.807, 2.05) is 0 Å². The number of likely N-dealkylation sites (N-methyl/N-ethyl adjacent to an activating group) is 1. The molecule has 1 atom stereocenters. The van der Waals surface area contributed by atoms with E-state index in [0.29, 0.717) is 5.02 Å². The lowest BCUT2D eigenvalue weighted by Gasteiger charge is -2.18. The fraction of sp³-hybridized carbons (Fsp3) is 0.455. The third-order valence-electron chi connectivity index (χ3n) is 2.36. The largest absolute Gasteiger partial charge is 0.390 e. The Morgan fingerprint density at radius 3 is 2.53 bits per heavy atom. The Bertz CT molecular complexity index is 378. The van der Waals surface area contributed by atoms with Crippen molar-refractivity contribution in [3.05, 3.63) is 34.6 Å². The van der Waals surface area contributed by atoms with Crippen LogP contribution in [0, 0.1) is 5.82 Å². The van der Waals surface area contributed by atoms with Crippen molar-refractivity contribution in [3.8, 4) is 0 Å². The van der Waals surface area contributed by atoms with Gasteiger partial charge in [0.1, 0.15) is 5.82 Å². The van der Waals surface area contributed by atoms with Crippen molar-refractivity contribution < 1.29 is 17.6 Å². The van der Waals surface area contributed by atoms with E-state index in [9.17, 15) is 17.6 Å². The van der Waals surface area contributed by atoms with Gasteiger partial charge in [0.05, 0.1) is 6.42 Å². The minimum atomic E-state index is -4.28. The zero-order valence-electron chi connectivity index (χ0n) is 9.11. The molecule has 0 saturated carbocycles. The van der Waals surface area contributed by atoms with E-state index in [1.165, 1.54) is 19.2 Å². The van der Waals surface area contributed by atoms with Gasteiger partial charge in [-0.2, -0.15) is 13.2 Å². The van der Waals surface area contributed by atoms with Gasteiger partial charge in [-0.3, -0.25) is 0 Å². The second-order valence-corrected chi connectivity index (χ2v) is 4.18. The Hall–Kier alpha value is -0.810. The summed E-state index contributed by atoms with van der Waals surface area (Å²) in [6, 6.07) is 3.00. The fourth-order valence-corrected chi connectivity index (χ4v) is 1.72. The molecule has 96 valence electrons. The average molecular weight is 270 g/mol. The van der Waals surface area contributed by atoms with Crippen LogP contribution in [0.25, 0.3) is 0 Å². The van der Waals surface area contributed by atoms with Crippen LogP contribution in [0.1, 0.15) is 12.0 Å². The quantitative estimate of drug-likeness (QED) is 0.824.